The van der Waals surface area contributed by atoms with Gasteiger partial charge in [0.15, 0.2) is 5.13 Å². The van der Waals surface area contributed by atoms with Gasteiger partial charge in [-0.3, -0.25) is 10.1 Å². The van der Waals surface area contributed by atoms with Gasteiger partial charge in [-0.2, -0.15) is 0 Å². The van der Waals surface area contributed by atoms with Crippen molar-refractivity contribution in [2.75, 3.05) is 18.5 Å². The van der Waals surface area contributed by atoms with Crippen molar-refractivity contribution >= 4 is 21.5 Å². The lowest BCUT2D eigenvalue weighted by Crippen LogP contribution is -2.39. The molecule has 94 valence electrons. The fourth-order valence-corrected chi connectivity index (χ4v) is 2.91. The van der Waals surface area contributed by atoms with Gasteiger partial charge in [0.25, 0.3) is 0 Å². The number of hydrogen-bond acceptors (Lipinski definition) is 6. The molecule has 1 aliphatic carbocycles. The molecule has 1 saturated carbocycles. The fraction of sp³-hybridized carbons (Fsp3) is 0.700. The smallest absolute Gasteiger partial charge is 0.345 e. The van der Waals surface area contributed by atoms with Crippen molar-refractivity contribution in [1.82, 2.24) is 4.98 Å². The van der Waals surface area contributed by atoms with E-state index in [2.05, 4.69) is 4.98 Å². The molecule has 0 aromatic carbocycles. The lowest BCUT2D eigenvalue weighted by atomic mass is 10.0. The van der Waals surface area contributed by atoms with Crippen molar-refractivity contribution in [2.45, 2.75) is 31.3 Å². The number of hydrogen-bond donors (Lipinski definition) is 1. The van der Waals surface area contributed by atoms with Crippen LogP contribution in [0.3, 0.4) is 0 Å². The molecule has 0 atom stereocenters. The molecule has 2 rings (SSSR count). The van der Waals surface area contributed by atoms with E-state index in [0.29, 0.717) is 11.7 Å². The zero-order valence-corrected chi connectivity index (χ0v) is 10.4. The van der Waals surface area contributed by atoms with E-state index in [9.17, 15) is 15.2 Å². The molecule has 1 aromatic heterocycles. The van der Waals surface area contributed by atoms with E-state index in [1.54, 1.807) is 11.9 Å². The van der Waals surface area contributed by atoms with Crippen LogP contribution in [0.1, 0.15) is 25.7 Å². The predicted octanol–water partition coefficient (Wildman–Crippen LogP) is 1.79. The first kappa shape index (κ1) is 12.3. The minimum absolute atomic E-state index is 0.0326. The SMILES string of the molecule is CN(CC1(O)CCCC1)c1ncc([N+](=O)[O-])s1. The number of thiazole rings is 1. The maximum absolute atomic E-state index is 10.6. The number of aliphatic hydroxyl groups is 1. The van der Waals surface area contributed by atoms with Crippen molar-refractivity contribution in [3.63, 3.8) is 0 Å². The van der Waals surface area contributed by atoms with Gasteiger partial charge in [0.1, 0.15) is 6.20 Å². The molecular formula is C10H15N3O3S. The Kier molecular flexibility index (Phi) is 3.30. The highest BCUT2D eigenvalue weighted by molar-refractivity contribution is 7.18. The average Bonchev–Trinajstić information content (AvgIpc) is 2.86. The Morgan fingerprint density at radius 1 is 1.65 bits per heavy atom. The third-order valence-electron chi connectivity index (χ3n) is 3.05. The molecule has 1 aromatic rings. The van der Waals surface area contributed by atoms with Crippen molar-refractivity contribution in [2.24, 2.45) is 0 Å². The van der Waals surface area contributed by atoms with Crippen LogP contribution in [-0.2, 0) is 0 Å². The third kappa shape index (κ3) is 2.73. The largest absolute Gasteiger partial charge is 0.388 e. The lowest BCUT2D eigenvalue weighted by Gasteiger charge is -2.28. The number of anilines is 1. The molecule has 0 unspecified atom stereocenters. The van der Waals surface area contributed by atoms with Crippen molar-refractivity contribution in [1.29, 1.82) is 0 Å². The van der Waals surface area contributed by atoms with E-state index in [4.69, 9.17) is 0 Å². The Hall–Kier alpha value is -1.21. The van der Waals surface area contributed by atoms with Gasteiger partial charge in [-0.1, -0.05) is 12.8 Å². The Labute approximate surface area is 103 Å². The molecule has 1 heterocycles. The van der Waals surface area contributed by atoms with Gasteiger partial charge in [-0.25, -0.2) is 4.98 Å². The van der Waals surface area contributed by atoms with Gasteiger partial charge in [0.05, 0.1) is 10.5 Å². The number of nitro groups is 1. The van der Waals surface area contributed by atoms with Gasteiger partial charge in [0, 0.05) is 13.6 Å². The first-order valence-corrected chi connectivity index (χ1v) is 6.36. The quantitative estimate of drug-likeness (QED) is 0.657. The second kappa shape index (κ2) is 4.58. The molecule has 0 aliphatic heterocycles. The molecule has 6 nitrogen and oxygen atoms in total. The van der Waals surface area contributed by atoms with Crippen molar-refractivity contribution < 1.29 is 10.0 Å². The molecule has 0 spiro atoms. The highest BCUT2D eigenvalue weighted by Gasteiger charge is 2.33. The lowest BCUT2D eigenvalue weighted by molar-refractivity contribution is -0.380. The molecule has 1 N–H and O–H groups in total. The molecule has 7 heteroatoms. The van der Waals surface area contributed by atoms with Gasteiger partial charge in [0.2, 0.25) is 0 Å². The normalized spacial score (nSPS) is 18.2. The average molecular weight is 257 g/mol. The van der Waals surface area contributed by atoms with Gasteiger partial charge in [-0.15, -0.1) is 0 Å². The molecule has 17 heavy (non-hydrogen) atoms. The van der Waals surface area contributed by atoms with Crippen LogP contribution in [0.2, 0.25) is 0 Å². The predicted molar refractivity (Wildman–Crippen MR) is 65.5 cm³/mol. The topological polar surface area (TPSA) is 79.5 Å². The first-order valence-electron chi connectivity index (χ1n) is 5.54. The van der Waals surface area contributed by atoms with Gasteiger partial charge < -0.3 is 10.0 Å². The Morgan fingerprint density at radius 2 is 2.29 bits per heavy atom. The minimum atomic E-state index is -0.658. The zero-order chi connectivity index (χ0) is 12.5. The van der Waals surface area contributed by atoms with E-state index < -0.39 is 10.5 Å². The van der Waals surface area contributed by atoms with Gasteiger partial charge in [-0.05, 0) is 24.2 Å². The van der Waals surface area contributed by atoms with Crippen LogP contribution >= 0.6 is 11.3 Å². The molecule has 0 bridgehead atoms. The maximum Gasteiger partial charge on any atom is 0.345 e. The summed E-state index contributed by atoms with van der Waals surface area (Å²) in [6.07, 6.45) is 4.94. The fourth-order valence-electron chi connectivity index (χ4n) is 2.22. The summed E-state index contributed by atoms with van der Waals surface area (Å²) >= 11 is 1.04. The number of aromatic nitrogens is 1. The highest BCUT2D eigenvalue weighted by atomic mass is 32.1. The summed E-state index contributed by atoms with van der Waals surface area (Å²) < 4.78 is 0. The van der Waals surface area contributed by atoms with E-state index in [-0.39, 0.29) is 5.00 Å². The van der Waals surface area contributed by atoms with Crippen LogP contribution in [0, 0.1) is 10.1 Å². The Bertz CT molecular complexity index is 415. The molecule has 1 aliphatic rings. The summed E-state index contributed by atoms with van der Waals surface area (Å²) in [5, 5.41) is 21.4. The van der Waals surface area contributed by atoms with Crippen molar-refractivity contribution in [3.8, 4) is 0 Å². The maximum atomic E-state index is 10.6. The number of likely N-dealkylation sites (N-methyl/N-ethyl adjacent to an activating group) is 1. The van der Waals surface area contributed by atoms with E-state index in [1.165, 1.54) is 6.20 Å². The van der Waals surface area contributed by atoms with E-state index in [0.717, 1.165) is 37.0 Å². The van der Waals surface area contributed by atoms with Crippen LogP contribution in [-0.4, -0.2) is 34.2 Å². The monoisotopic (exact) mass is 257 g/mol. The molecular weight excluding hydrogens is 242 g/mol. The summed E-state index contributed by atoms with van der Waals surface area (Å²) in [6, 6.07) is 0. The van der Waals surface area contributed by atoms with Crippen LogP contribution in [0.4, 0.5) is 10.1 Å². The van der Waals surface area contributed by atoms with Gasteiger partial charge >= 0.3 is 5.00 Å². The summed E-state index contributed by atoms with van der Waals surface area (Å²) in [5.74, 6) is 0. The Balaban J connectivity index is 2.03. The summed E-state index contributed by atoms with van der Waals surface area (Å²) in [5.41, 5.74) is -0.658. The number of rotatable bonds is 4. The second-order valence-electron chi connectivity index (χ2n) is 4.53. The number of nitrogens with zero attached hydrogens (tertiary/aromatic N) is 3. The van der Waals surface area contributed by atoms with Crippen LogP contribution in [0.25, 0.3) is 0 Å². The summed E-state index contributed by atoms with van der Waals surface area (Å²) in [7, 11) is 1.80. The Morgan fingerprint density at radius 3 is 2.82 bits per heavy atom. The van der Waals surface area contributed by atoms with E-state index >= 15 is 0 Å². The first-order chi connectivity index (χ1) is 8.00. The molecule has 1 fully saturated rings. The standard InChI is InChI=1S/C10H15N3O3S/c1-12(7-10(14)4-2-3-5-10)9-11-6-8(17-9)13(15)16/h6,14H,2-5,7H2,1H3. The highest BCUT2D eigenvalue weighted by Crippen LogP contribution is 2.33. The molecule has 0 saturated heterocycles. The summed E-state index contributed by atoms with van der Waals surface area (Å²) in [6.45, 7) is 0.484. The van der Waals surface area contributed by atoms with Crippen molar-refractivity contribution in [3.05, 3.63) is 16.3 Å². The molecule has 0 amide bonds. The van der Waals surface area contributed by atoms with Crippen LogP contribution < -0.4 is 4.90 Å². The van der Waals surface area contributed by atoms with Crippen LogP contribution in [0.15, 0.2) is 6.20 Å². The third-order valence-corrected chi connectivity index (χ3v) is 4.12. The minimum Gasteiger partial charge on any atom is -0.388 e. The van der Waals surface area contributed by atoms with E-state index in [1.807, 2.05) is 0 Å². The zero-order valence-electron chi connectivity index (χ0n) is 9.63. The van der Waals surface area contributed by atoms with Crippen LogP contribution in [0.5, 0.6) is 0 Å². The second-order valence-corrected chi connectivity index (χ2v) is 5.51. The summed E-state index contributed by atoms with van der Waals surface area (Å²) in [4.78, 5) is 15.9. The molecule has 0 radical (unpaired) electrons.